The van der Waals surface area contributed by atoms with Crippen LogP contribution in [-0.4, -0.2) is 25.0 Å². The van der Waals surface area contributed by atoms with E-state index in [9.17, 15) is 9.59 Å². The molecule has 1 heterocycles. The maximum Gasteiger partial charge on any atom is 0.255 e. The van der Waals surface area contributed by atoms with E-state index in [1.165, 1.54) is 0 Å². The van der Waals surface area contributed by atoms with Gasteiger partial charge in [-0.15, -0.1) is 0 Å². The topological polar surface area (TPSA) is 58.6 Å². The highest BCUT2D eigenvalue weighted by molar-refractivity contribution is 6.32. The van der Waals surface area contributed by atoms with Gasteiger partial charge in [0.2, 0.25) is 5.91 Å². The molecule has 1 fully saturated rings. The summed E-state index contributed by atoms with van der Waals surface area (Å²) in [5.74, 6) is 0.453. The summed E-state index contributed by atoms with van der Waals surface area (Å²) < 4.78 is 5.38. The van der Waals surface area contributed by atoms with Crippen molar-refractivity contribution >= 4 is 34.8 Å². The number of hydrogen-bond donors (Lipinski definition) is 1. The van der Waals surface area contributed by atoms with E-state index in [0.717, 1.165) is 24.2 Å². The monoisotopic (exact) mass is 372 g/mol. The second kappa shape index (κ2) is 7.79. The largest absolute Gasteiger partial charge is 0.492 e. The molecule has 0 atom stereocenters. The lowest BCUT2D eigenvalue weighted by Gasteiger charge is -2.19. The minimum atomic E-state index is -0.251. The van der Waals surface area contributed by atoms with Crippen LogP contribution in [0.1, 0.15) is 35.7 Å². The molecule has 0 unspecified atom stereocenters. The predicted molar refractivity (Wildman–Crippen MR) is 103 cm³/mol. The van der Waals surface area contributed by atoms with Crippen molar-refractivity contribution in [3.05, 3.63) is 52.5 Å². The molecule has 0 bridgehead atoms. The summed E-state index contributed by atoms with van der Waals surface area (Å²) in [6, 6.07) is 10.5. The van der Waals surface area contributed by atoms with Crippen LogP contribution in [0.3, 0.4) is 0 Å². The maximum atomic E-state index is 12.5. The van der Waals surface area contributed by atoms with E-state index in [2.05, 4.69) is 5.32 Å². The number of ether oxygens (including phenoxy) is 1. The Labute approximate surface area is 157 Å². The molecule has 0 aliphatic carbocycles. The van der Waals surface area contributed by atoms with Gasteiger partial charge in [-0.1, -0.05) is 11.6 Å². The van der Waals surface area contributed by atoms with Crippen LogP contribution in [-0.2, 0) is 4.79 Å². The Balaban J connectivity index is 1.74. The molecule has 2 aromatic rings. The van der Waals surface area contributed by atoms with Crippen molar-refractivity contribution in [2.75, 3.05) is 23.4 Å². The molecule has 1 aliphatic heterocycles. The van der Waals surface area contributed by atoms with Crippen molar-refractivity contribution in [2.45, 2.75) is 26.7 Å². The van der Waals surface area contributed by atoms with E-state index < -0.39 is 0 Å². The molecule has 0 saturated carbocycles. The molecule has 5 nitrogen and oxygen atoms in total. The van der Waals surface area contributed by atoms with Gasteiger partial charge in [0.05, 0.1) is 11.6 Å². The van der Waals surface area contributed by atoms with E-state index >= 15 is 0 Å². The number of nitrogens with zero attached hydrogens (tertiary/aromatic N) is 1. The fourth-order valence-electron chi connectivity index (χ4n) is 3.06. The van der Waals surface area contributed by atoms with Gasteiger partial charge in [0.15, 0.2) is 0 Å². The lowest BCUT2D eigenvalue weighted by atomic mass is 10.1. The van der Waals surface area contributed by atoms with E-state index in [0.29, 0.717) is 35.1 Å². The highest BCUT2D eigenvalue weighted by Gasteiger charge is 2.23. The lowest BCUT2D eigenvalue weighted by Crippen LogP contribution is -2.24. The van der Waals surface area contributed by atoms with Crippen LogP contribution >= 0.6 is 11.6 Å². The van der Waals surface area contributed by atoms with Crippen LogP contribution < -0.4 is 15.0 Å². The smallest absolute Gasteiger partial charge is 0.255 e. The molecule has 0 spiro atoms. The minimum absolute atomic E-state index is 0.147. The average molecular weight is 373 g/mol. The Bertz CT molecular complexity index is 851. The molecule has 3 rings (SSSR count). The third kappa shape index (κ3) is 3.83. The summed E-state index contributed by atoms with van der Waals surface area (Å²) in [6.07, 6.45) is 1.48. The molecule has 1 N–H and O–H groups in total. The number of carbonyl (C=O) groups excluding carboxylic acids is 2. The second-order valence-electron chi connectivity index (χ2n) is 6.18. The first-order chi connectivity index (χ1) is 12.5. The van der Waals surface area contributed by atoms with Gasteiger partial charge in [0, 0.05) is 29.9 Å². The van der Waals surface area contributed by atoms with Gasteiger partial charge in [-0.25, -0.2) is 0 Å². The van der Waals surface area contributed by atoms with Gasteiger partial charge in [0.1, 0.15) is 5.75 Å². The molecule has 6 heteroatoms. The third-order valence-corrected chi connectivity index (χ3v) is 4.61. The second-order valence-corrected chi connectivity index (χ2v) is 6.59. The summed E-state index contributed by atoms with van der Waals surface area (Å²) in [4.78, 5) is 26.2. The molecule has 2 aromatic carbocycles. The van der Waals surface area contributed by atoms with Gasteiger partial charge in [-0.2, -0.15) is 0 Å². The van der Waals surface area contributed by atoms with Gasteiger partial charge < -0.3 is 15.0 Å². The average Bonchev–Trinajstić information content (AvgIpc) is 3.03. The quantitative estimate of drug-likeness (QED) is 0.844. The predicted octanol–water partition coefficient (Wildman–Crippen LogP) is 4.43. The van der Waals surface area contributed by atoms with E-state index in [1.807, 2.05) is 32.0 Å². The van der Waals surface area contributed by atoms with Gasteiger partial charge in [-0.05, 0) is 62.2 Å². The van der Waals surface area contributed by atoms with Gasteiger partial charge in [0.25, 0.3) is 5.91 Å². The van der Waals surface area contributed by atoms with E-state index in [1.54, 1.807) is 23.1 Å². The van der Waals surface area contributed by atoms with Crippen LogP contribution in [0.5, 0.6) is 5.75 Å². The normalized spacial score (nSPS) is 13.8. The molecule has 0 aromatic heterocycles. The van der Waals surface area contributed by atoms with Crippen LogP contribution in [0.25, 0.3) is 0 Å². The van der Waals surface area contributed by atoms with Crippen LogP contribution in [0.2, 0.25) is 5.02 Å². The van der Waals surface area contributed by atoms with Crippen molar-refractivity contribution in [1.82, 2.24) is 0 Å². The Morgan fingerprint density at radius 2 is 2.08 bits per heavy atom. The number of halogens is 1. The summed E-state index contributed by atoms with van der Waals surface area (Å²) in [7, 11) is 0. The molecule has 2 amide bonds. The van der Waals surface area contributed by atoms with Crippen molar-refractivity contribution in [3.8, 4) is 5.75 Å². The summed E-state index contributed by atoms with van der Waals surface area (Å²) in [5, 5.41) is 3.27. The number of hydrogen-bond acceptors (Lipinski definition) is 3. The fourth-order valence-corrected chi connectivity index (χ4v) is 3.29. The van der Waals surface area contributed by atoms with Crippen molar-refractivity contribution in [1.29, 1.82) is 0 Å². The summed E-state index contributed by atoms with van der Waals surface area (Å²) >= 11 is 6.15. The number of aryl methyl sites for hydroxylation is 1. The number of rotatable bonds is 5. The molecule has 0 radical (unpaired) electrons. The van der Waals surface area contributed by atoms with E-state index in [-0.39, 0.29) is 11.8 Å². The Hall–Kier alpha value is -2.53. The highest BCUT2D eigenvalue weighted by atomic mass is 35.5. The molecular weight excluding hydrogens is 352 g/mol. The van der Waals surface area contributed by atoms with Crippen LogP contribution in [0.15, 0.2) is 36.4 Å². The summed E-state index contributed by atoms with van der Waals surface area (Å²) in [6.45, 7) is 5.06. The number of carbonyl (C=O) groups is 2. The van der Waals surface area contributed by atoms with Crippen molar-refractivity contribution in [3.63, 3.8) is 0 Å². The number of amides is 2. The third-order valence-electron chi connectivity index (χ3n) is 4.31. The zero-order chi connectivity index (χ0) is 18.7. The fraction of sp³-hybridized carbons (Fsp3) is 0.300. The Morgan fingerprint density at radius 1 is 1.27 bits per heavy atom. The van der Waals surface area contributed by atoms with Gasteiger partial charge in [-0.3, -0.25) is 9.59 Å². The van der Waals surface area contributed by atoms with Crippen LogP contribution in [0, 0.1) is 6.92 Å². The SMILES string of the molecule is CCOc1ccc(C(=O)Nc2ccc(N3CCCC3=O)c(C)c2)cc1Cl. The number of benzene rings is 2. The Kier molecular flexibility index (Phi) is 5.47. The first-order valence-electron chi connectivity index (χ1n) is 8.64. The zero-order valence-electron chi connectivity index (χ0n) is 14.8. The summed E-state index contributed by atoms with van der Waals surface area (Å²) in [5.41, 5.74) is 2.97. The molecule has 136 valence electrons. The molecule has 1 saturated heterocycles. The molecule has 1 aliphatic rings. The minimum Gasteiger partial charge on any atom is -0.492 e. The van der Waals surface area contributed by atoms with Gasteiger partial charge >= 0.3 is 0 Å². The Morgan fingerprint density at radius 3 is 2.69 bits per heavy atom. The highest BCUT2D eigenvalue weighted by Crippen LogP contribution is 2.28. The maximum absolute atomic E-state index is 12.5. The number of anilines is 2. The van der Waals surface area contributed by atoms with E-state index in [4.69, 9.17) is 16.3 Å². The first-order valence-corrected chi connectivity index (χ1v) is 9.02. The lowest BCUT2D eigenvalue weighted by molar-refractivity contribution is -0.117. The molecule has 26 heavy (non-hydrogen) atoms. The molecular formula is C20H21ClN2O3. The zero-order valence-corrected chi connectivity index (χ0v) is 15.6. The van der Waals surface area contributed by atoms with Crippen LogP contribution in [0.4, 0.5) is 11.4 Å². The van der Waals surface area contributed by atoms with Crippen molar-refractivity contribution in [2.24, 2.45) is 0 Å². The standard InChI is InChI=1S/C20H21ClN2O3/c1-3-26-18-9-6-14(12-16(18)21)20(25)22-15-7-8-17(13(2)11-15)23-10-4-5-19(23)24/h6-9,11-12H,3-5,10H2,1-2H3,(H,22,25). The first kappa shape index (κ1) is 18.3. The number of nitrogens with one attached hydrogen (secondary N) is 1. The van der Waals surface area contributed by atoms with Crippen molar-refractivity contribution < 1.29 is 14.3 Å².